The molecule has 0 bridgehead atoms. The zero-order valence-corrected chi connectivity index (χ0v) is 76.4. The maximum Gasteiger partial charge on any atom is 0.305 e. The molecule has 3 saturated heterocycles. The second kappa shape index (κ2) is 48.7. The van der Waals surface area contributed by atoms with Crippen molar-refractivity contribution >= 4 is 117 Å². The third-order valence-corrected chi connectivity index (χ3v) is 25.1. The van der Waals surface area contributed by atoms with E-state index in [0.717, 1.165) is 14.7 Å². The first-order valence-corrected chi connectivity index (χ1v) is 45.7. The van der Waals surface area contributed by atoms with E-state index >= 15 is 51.9 Å². The Hall–Kier alpha value is -13.9. The van der Waals surface area contributed by atoms with Gasteiger partial charge in [0.25, 0.3) is 0 Å². The minimum absolute atomic E-state index is 0.0154. The molecule has 1 aromatic heterocycles. The molecule has 3 aliphatic heterocycles. The number of hydrogen-bond donors (Lipinski definition) is 15. The van der Waals surface area contributed by atoms with Crippen LogP contribution in [0.2, 0.25) is 0 Å². The number of H-pyrrole nitrogens is 1. The molecule has 4 heterocycles. The van der Waals surface area contributed by atoms with Crippen LogP contribution in [0.15, 0.2) is 152 Å². The number of rotatable bonds is 23. The zero-order valence-electron chi connectivity index (χ0n) is 75.5. The standard InChI is InChI=1S/C95H115F3N16O20S/c1-7-8-25-75-94(133)114-38-18-27-74(114)89(128)106-69(48-80(120)121)87(126)109-82(53(2)3)95(134)111(5)76(45-54-19-11-9-12-20-54)90(129)107-71(43-57-30-34-61(117)35-31-57)92(131)113-37-17-26-73(113)88(127)105-68(47-59-49-100-65-24-16-15-23-62(59)65)86(125)104-67(42-56-28-32-60(116)33-29-56)85(124)103-66(36-39-115)84(123)108-72(83(122)101-50-78(99)118)51-135-52-79(119)102-70(44-58-40-63(96)81(98)64(97)41-58)91(130)112(6)77(93(132)110(75)4)46-55-21-13-10-14-22-55/h9-16,19-24,28-35,40-41,49,53,66-77,82,100,115-117H,7-8,17-18,25-27,36-39,42-48,50-52H2,1-6H3,(H2,99,118)(H,101,122)(H,102,119)(H,103,124)(H,104,125)(H,105,127)(H,106,128)(H,107,129)(H,108,123)(H,109,126)(H,120,121)/t66-,67-,68-,69-,70-,71-,72-,73+,74+,75-,76-,77-,82-/m0/s1. The highest BCUT2D eigenvalue weighted by Gasteiger charge is 2.47. The minimum Gasteiger partial charge on any atom is -0.508 e. The lowest BCUT2D eigenvalue weighted by atomic mass is 9.98. The number of amides is 15. The molecule has 7 aromatic rings. The Bertz CT molecular complexity index is 5410. The number of aromatic nitrogens is 1. The number of phenolic OH excluding ortho intramolecular Hbond substituents is 2. The number of aromatic amines is 1. The first-order chi connectivity index (χ1) is 64.4. The second-order valence-corrected chi connectivity index (χ2v) is 35.2. The second-order valence-electron chi connectivity index (χ2n) is 34.2. The van der Waals surface area contributed by atoms with Gasteiger partial charge in [-0.1, -0.05) is 137 Å². The van der Waals surface area contributed by atoms with Gasteiger partial charge in [0.1, 0.15) is 90.0 Å². The summed E-state index contributed by atoms with van der Waals surface area (Å²) in [6, 6.07) is 14.5. The fourth-order valence-electron chi connectivity index (χ4n) is 16.7. The summed E-state index contributed by atoms with van der Waals surface area (Å²) in [6.45, 7) is 3.08. The molecule has 40 heteroatoms. The van der Waals surface area contributed by atoms with E-state index in [1.807, 2.05) is 0 Å². The average molecular weight is 1890 g/mol. The number of fused-ring (bicyclic) bond motifs is 3. The van der Waals surface area contributed by atoms with Crippen molar-refractivity contribution in [3.63, 3.8) is 0 Å². The van der Waals surface area contributed by atoms with Crippen molar-refractivity contribution in [1.82, 2.24) is 77.3 Å². The van der Waals surface area contributed by atoms with Gasteiger partial charge in [-0.3, -0.25) is 76.7 Å². The van der Waals surface area contributed by atoms with Gasteiger partial charge < -0.3 is 103 Å². The van der Waals surface area contributed by atoms with Gasteiger partial charge in [-0.2, -0.15) is 0 Å². The van der Waals surface area contributed by atoms with Gasteiger partial charge in [-0.05, 0) is 120 Å². The number of nitrogens with two attached hydrogens (primary N) is 1. The highest BCUT2D eigenvalue weighted by molar-refractivity contribution is 8.00. The molecule has 0 radical (unpaired) electrons. The van der Waals surface area contributed by atoms with E-state index in [2.05, 4.69) is 52.8 Å². The largest absolute Gasteiger partial charge is 0.508 e. The molecule has 0 spiro atoms. The van der Waals surface area contributed by atoms with Gasteiger partial charge in [0.2, 0.25) is 88.6 Å². The number of carboxylic acid groups (broad SMARTS) is 1. The lowest BCUT2D eigenvalue weighted by Crippen LogP contribution is -2.62. The summed E-state index contributed by atoms with van der Waals surface area (Å²) in [5, 5.41) is 65.7. The number of likely N-dealkylation sites (N-methyl/N-ethyl adjacent to an activating group) is 3. The maximum absolute atomic E-state index is 15.7. The Kier molecular flexibility index (Phi) is 37.2. The number of aliphatic hydroxyl groups excluding tert-OH is 1. The Balaban J connectivity index is 1.05. The van der Waals surface area contributed by atoms with Crippen LogP contribution in [0.5, 0.6) is 11.5 Å². The molecule has 36 nitrogen and oxygen atoms in total. The molecule has 13 atom stereocenters. The third kappa shape index (κ3) is 28.1. The minimum atomic E-state index is -1.95. The molecule has 16 N–H and O–H groups in total. The van der Waals surface area contributed by atoms with Crippen molar-refractivity contribution < 1.29 is 110 Å². The van der Waals surface area contributed by atoms with E-state index in [-0.39, 0.29) is 94.4 Å². The number of phenols is 2. The number of carbonyl (C=O) groups is 16. The Morgan fingerprint density at radius 2 is 0.970 bits per heavy atom. The quantitative estimate of drug-likeness (QED) is 0.0408. The number of aliphatic hydroxyl groups is 1. The van der Waals surface area contributed by atoms with Crippen LogP contribution in [-0.4, -0.2) is 282 Å². The molecule has 3 aliphatic rings. The number of aromatic hydroxyl groups is 2. The van der Waals surface area contributed by atoms with E-state index in [9.17, 15) is 58.4 Å². The summed E-state index contributed by atoms with van der Waals surface area (Å²) in [5.74, 6) is -24.3. The molecule has 3 fully saturated rings. The predicted molar refractivity (Wildman–Crippen MR) is 488 cm³/mol. The Labute approximate surface area is 781 Å². The summed E-state index contributed by atoms with van der Waals surface area (Å²) < 4.78 is 45.0. The number of aliphatic carboxylic acids is 1. The molecular formula is C95H115F3N16O20S. The monoisotopic (exact) mass is 1890 g/mol. The molecule has 0 unspecified atom stereocenters. The van der Waals surface area contributed by atoms with Crippen molar-refractivity contribution in [2.24, 2.45) is 11.7 Å². The van der Waals surface area contributed by atoms with Crippen LogP contribution in [0.1, 0.15) is 112 Å². The average Bonchev–Trinajstić information content (AvgIpc) is 1.07. The summed E-state index contributed by atoms with van der Waals surface area (Å²) in [4.78, 5) is 247. The fraction of sp³-hybridized carbons (Fsp3) is 0.432. The van der Waals surface area contributed by atoms with Crippen molar-refractivity contribution in [1.29, 1.82) is 0 Å². The third-order valence-electron chi connectivity index (χ3n) is 24.1. The van der Waals surface area contributed by atoms with Crippen molar-refractivity contribution in [2.75, 3.05) is 58.9 Å². The number of primary amides is 1. The number of halogens is 3. The summed E-state index contributed by atoms with van der Waals surface area (Å²) in [6.07, 6.45) is -1.40. The van der Waals surface area contributed by atoms with Crippen LogP contribution in [0, 0.1) is 23.4 Å². The number of carbonyl (C=O) groups excluding carboxylic acids is 15. The van der Waals surface area contributed by atoms with Crippen molar-refractivity contribution in [3.05, 3.63) is 203 Å². The summed E-state index contributed by atoms with van der Waals surface area (Å²) >= 11 is 0.628. The maximum atomic E-state index is 15.7. The molecule has 15 amide bonds. The van der Waals surface area contributed by atoms with Gasteiger partial charge >= 0.3 is 5.97 Å². The number of benzene rings is 6. The number of nitrogens with zero attached hydrogens (tertiary/aromatic N) is 5. The first-order valence-electron chi connectivity index (χ1n) is 44.5. The zero-order chi connectivity index (χ0) is 98.0. The van der Waals surface area contributed by atoms with Crippen LogP contribution in [0.25, 0.3) is 10.9 Å². The van der Waals surface area contributed by atoms with Gasteiger partial charge in [0.15, 0.2) is 17.5 Å². The molecule has 10 rings (SSSR count). The number of thioether (sulfide) groups is 1. The molecule has 0 aliphatic carbocycles. The Morgan fingerprint density at radius 1 is 0.496 bits per heavy atom. The van der Waals surface area contributed by atoms with Gasteiger partial charge in [-0.25, -0.2) is 13.2 Å². The van der Waals surface area contributed by atoms with Crippen LogP contribution in [-0.2, 0) is 115 Å². The predicted octanol–water partition coefficient (Wildman–Crippen LogP) is 2.15. The van der Waals surface area contributed by atoms with E-state index in [0.29, 0.717) is 69.0 Å². The summed E-state index contributed by atoms with van der Waals surface area (Å²) in [7, 11) is 3.74. The number of unbranched alkanes of at least 4 members (excludes halogenated alkanes) is 1. The van der Waals surface area contributed by atoms with Gasteiger partial charge in [-0.15, -0.1) is 11.8 Å². The smallest absolute Gasteiger partial charge is 0.305 e. The molecule has 135 heavy (non-hydrogen) atoms. The number of para-hydroxylation sites is 1. The number of carboxylic acids is 1. The van der Waals surface area contributed by atoms with E-state index < -0.39 is 247 Å². The molecule has 6 aromatic carbocycles. The summed E-state index contributed by atoms with van der Waals surface area (Å²) in [5.41, 5.74) is 7.79. The van der Waals surface area contributed by atoms with Gasteiger partial charge in [0, 0.05) is 102 Å². The fourth-order valence-corrected chi connectivity index (χ4v) is 17.6. The van der Waals surface area contributed by atoms with Crippen LogP contribution < -0.4 is 53.6 Å². The highest BCUT2D eigenvalue weighted by Crippen LogP contribution is 2.29. The lowest BCUT2D eigenvalue weighted by molar-refractivity contribution is -0.152. The Morgan fingerprint density at radius 3 is 1.53 bits per heavy atom. The first kappa shape index (κ1) is 103. The molecular weight excluding hydrogens is 1770 g/mol. The molecule has 0 saturated carbocycles. The lowest BCUT2D eigenvalue weighted by Gasteiger charge is -2.38. The number of nitrogens with one attached hydrogen (secondary N) is 10. The van der Waals surface area contributed by atoms with Crippen LogP contribution >= 0.6 is 11.8 Å². The van der Waals surface area contributed by atoms with E-state index in [1.165, 1.54) is 79.5 Å². The van der Waals surface area contributed by atoms with E-state index in [1.54, 1.807) is 112 Å². The van der Waals surface area contributed by atoms with Crippen LogP contribution in [0.4, 0.5) is 13.2 Å². The SMILES string of the molecule is CCCC[C@H]1C(=O)N2CCC[C@@H]2C(=O)N[C@@H](CC(=O)O)C(=O)N[C@@H](C(C)C)C(=O)N(C)[C@@H](Cc2ccccc2)C(=O)N[C@@H](Cc2ccc(O)cc2)C(=O)N2CCC[C@@H]2C(=O)N[C@@H](Cc2c[nH]c3ccccc23)C(=O)N[C@@H](Cc2ccc(O)cc2)C(=O)N[C@@H](CCO)C(=O)N[C@H](C(=O)NCC(N)=O)CSCC(=O)N[C@@H](Cc2cc(F)c(F)c(F)c2)C(=O)N(C)[C@@H](Cc2ccccc2)C(=O)N1C. The number of hydrogen-bond acceptors (Lipinski definition) is 20. The van der Waals surface area contributed by atoms with Crippen LogP contribution in [0.3, 0.4) is 0 Å². The van der Waals surface area contributed by atoms with E-state index in [4.69, 9.17) is 5.73 Å². The van der Waals surface area contributed by atoms with Gasteiger partial charge in [0.05, 0.1) is 18.7 Å². The molecule has 722 valence electrons. The van der Waals surface area contributed by atoms with Crippen molar-refractivity contribution in [3.8, 4) is 11.5 Å². The highest BCUT2D eigenvalue weighted by atomic mass is 32.2. The normalized spacial score (nSPS) is 23.4. The van der Waals surface area contributed by atoms with Crippen molar-refractivity contribution in [2.45, 2.75) is 196 Å². The topological polar surface area (TPSA) is 520 Å².